The molecule has 3 aromatic rings. The monoisotopic (exact) mass is 370 g/mol. The number of carbonyl (C=O) groups is 1. The molecule has 0 radical (unpaired) electrons. The molecule has 5 nitrogen and oxygen atoms in total. The molecule has 0 saturated heterocycles. The number of hydrogen-bond acceptors (Lipinski definition) is 3. The van der Waals surface area contributed by atoms with E-state index in [9.17, 15) is 9.90 Å². The minimum Gasteiger partial charge on any atom is -0.478 e. The third kappa shape index (κ3) is 2.72. The highest BCUT2D eigenvalue weighted by Crippen LogP contribution is 2.33. The maximum atomic E-state index is 11.0. The van der Waals surface area contributed by atoms with Crippen molar-refractivity contribution in [1.82, 2.24) is 4.98 Å². The topological polar surface area (TPSA) is 97.1 Å². The Morgan fingerprint density at radius 3 is 2.65 bits per heavy atom. The highest BCUT2D eigenvalue weighted by Gasteiger charge is 2.19. The number of H-pyrrole nitrogens is 1. The number of nitrogens with zero attached hydrogens (tertiary/aromatic N) is 1. The van der Waals surface area contributed by atoms with E-state index in [0.717, 1.165) is 10.9 Å². The molecule has 114 valence electrons. The van der Waals surface area contributed by atoms with Gasteiger partial charge in [-0.25, -0.2) is 4.79 Å². The van der Waals surface area contributed by atoms with Gasteiger partial charge in [-0.2, -0.15) is 5.26 Å². The number of nitrogens with one attached hydrogen (secondary N) is 1. The number of aromatic nitrogens is 1. The molecular formula is C17H11BrN2O3. The summed E-state index contributed by atoms with van der Waals surface area (Å²) in [5, 5.41) is 29.4. The van der Waals surface area contributed by atoms with Gasteiger partial charge in [-0.05, 0) is 29.8 Å². The van der Waals surface area contributed by atoms with E-state index in [0.29, 0.717) is 21.2 Å². The van der Waals surface area contributed by atoms with Gasteiger partial charge in [0.25, 0.3) is 0 Å². The molecular weight excluding hydrogens is 360 g/mol. The highest BCUT2D eigenvalue weighted by atomic mass is 79.9. The Morgan fingerprint density at radius 1 is 1.22 bits per heavy atom. The number of carboxylic acid groups (broad SMARTS) is 1. The number of halogens is 1. The van der Waals surface area contributed by atoms with Crippen molar-refractivity contribution in [2.24, 2.45) is 0 Å². The van der Waals surface area contributed by atoms with E-state index in [1.54, 1.807) is 30.5 Å². The SMILES string of the molecule is N#Cc1ccc2c(C(O)c3ccc(C(=O)O)cc3Br)c[nH]c2c1. The van der Waals surface area contributed by atoms with Crippen molar-refractivity contribution in [3.8, 4) is 6.07 Å². The summed E-state index contributed by atoms with van der Waals surface area (Å²) in [5.41, 5.74) is 2.67. The summed E-state index contributed by atoms with van der Waals surface area (Å²) in [6.07, 6.45) is 0.766. The van der Waals surface area contributed by atoms with Crippen molar-refractivity contribution in [2.75, 3.05) is 0 Å². The summed E-state index contributed by atoms with van der Waals surface area (Å²) in [5.74, 6) is -1.03. The van der Waals surface area contributed by atoms with Crippen LogP contribution in [-0.4, -0.2) is 21.2 Å². The summed E-state index contributed by atoms with van der Waals surface area (Å²) < 4.78 is 0.521. The first-order chi connectivity index (χ1) is 11.0. The molecule has 0 fully saturated rings. The largest absolute Gasteiger partial charge is 0.478 e. The van der Waals surface area contributed by atoms with E-state index >= 15 is 0 Å². The highest BCUT2D eigenvalue weighted by molar-refractivity contribution is 9.10. The number of fused-ring (bicyclic) bond motifs is 1. The van der Waals surface area contributed by atoms with Crippen molar-refractivity contribution in [3.05, 3.63) is 69.3 Å². The molecule has 1 unspecified atom stereocenters. The molecule has 0 aliphatic carbocycles. The zero-order chi connectivity index (χ0) is 16.6. The van der Waals surface area contributed by atoms with Crippen LogP contribution in [0.15, 0.2) is 47.1 Å². The van der Waals surface area contributed by atoms with Gasteiger partial charge in [0.1, 0.15) is 6.10 Å². The fourth-order valence-corrected chi connectivity index (χ4v) is 3.09. The number of hydrogen-bond donors (Lipinski definition) is 3. The zero-order valence-corrected chi connectivity index (χ0v) is 13.3. The molecule has 1 atom stereocenters. The van der Waals surface area contributed by atoms with E-state index in [1.807, 2.05) is 0 Å². The van der Waals surface area contributed by atoms with Gasteiger partial charge < -0.3 is 15.2 Å². The van der Waals surface area contributed by atoms with E-state index in [2.05, 4.69) is 27.0 Å². The number of benzene rings is 2. The molecule has 3 rings (SSSR count). The van der Waals surface area contributed by atoms with Crippen LogP contribution in [0.5, 0.6) is 0 Å². The molecule has 6 heteroatoms. The van der Waals surface area contributed by atoms with Crippen molar-refractivity contribution >= 4 is 32.8 Å². The van der Waals surface area contributed by atoms with Crippen molar-refractivity contribution in [1.29, 1.82) is 5.26 Å². The first-order valence-corrected chi connectivity index (χ1v) is 7.52. The summed E-state index contributed by atoms with van der Waals surface area (Å²) in [6.45, 7) is 0. The lowest BCUT2D eigenvalue weighted by atomic mass is 9.99. The minimum absolute atomic E-state index is 0.144. The third-order valence-corrected chi connectivity index (χ3v) is 4.37. The van der Waals surface area contributed by atoms with Crippen LogP contribution in [-0.2, 0) is 0 Å². The van der Waals surface area contributed by atoms with Crippen molar-refractivity contribution < 1.29 is 15.0 Å². The van der Waals surface area contributed by atoms with Crippen LogP contribution in [0.1, 0.15) is 33.2 Å². The summed E-state index contributed by atoms with van der Waals surface area (Å²) >= 11 is 3.31. The number of aromatic carboxylic acids is 1. The second-order valence-electron chi connectivity index (χ2n) is 5.06. The number of aromatic amines is 1. The van der Waals surface area contributed by atoms with Gasteiger partial charge in [0.15, 0.2) is 0 Å². The zero-order valence-electron chi connectivity index (χ0n) is 11.7. The Bertz CT molecular complexity index is 956. The maximum absolute atomic E-state index is 11.0. The molecule has 0 bridgehead atoms. The lowest BCUT2D eigenvalue weighted by molar-refractivity contribution is 0.0696. The average Bonchev–Trinajstić information content (AvgIpc) is 2.96. The lowest BCUT2D eigenvalue weighted by Gasteiger charge is -2.13. The molecule has 0 spiro atoms. The van der Waals surface area contributed by atoms with E-state index in [4.69, 9.17) is 10.4 Å². The number of aliphatic hydroxyl groups excluding tert-OH is 1. The van der Waals surface area contributed by atoms with Gasteiger partial charge in [0, 0.05) is 27.1 Å². The van der Waals surface area contributed by atoms with Gasteiger partial charge in [-0.3, -0.25) is 0 Å². The maximum Gasteiger partial charge on any atom is 0.335 e. The fourth-order valence-electron chi connectivity index (χ4n) is 2.49. The Labute approximate surface area is 139 Å². The van der Waals surface area contributed by atoms with Gasteiger partial charge in [-0.1, -0.05) is 28.1 Å². The number of nitriles is 1. The summed E-state index contributed by atoms with van der Waals surface area (Å²) in [4.78, 5) is 14.0. The van der Waals surface area contributed by atoms with Crippen LogP contribution >= 0.6 is 15.9 Å². The van der Waals surface area contributed by atoms with E-state index in [-0.39, 0.29) is 5.56 Å². The standard InChI is InChI=1S/C17H11BrN2O3/c18-14-6-10(17(22)23)2-4-12(14)16(21)13-8-20-15-5-9(7-19)1-3-11(13)15/h1-6,8,16,20-21H,(H,22,23). The van der Waals surface area contributed by atoms with Gasteiger partial charge in [0.05, 0.1) is 17.2 Å². The minimum atomic E-state index is -1.03. The Balaban J connectivity index is 2.05. The molecule has 1 heterocycles. The van der Waals surface area contributed by atoms with E-state index < -0.39 is 12.1 Å². The van der Waals surface area contributed by atoms with Crippen molar-refractivity contribution in [3.63, 3.8) is 0 Å². The van der Waals surface area contributed by atoms with Crippen LogP contribution in [0.4, 0.5) is 0 Å². The van der Waals surface area contributed by atoms with Crippen LogP contribution in [0.3, 0.4) is 0 Å². The Morgan fingerprint density at radius 2 is 2.00 bits per heavy atom. The van der Waals surface area contributed by atoms with Gasteiger partial charge in [-0.15, -0.1) is 0 Å². The summed E-state index contributed by atoms with van der Waals surface area (Å²) in [6, 6.07) is 11.8. The van der Waals surface area contributed by atoms with E-state index in [1.165, 1.54) is 12.1 Å². The quantitative estimate of drug-likeness (QED) is 0.656. The predicted molar refractivity (Wildman–Crippen MR) is 88.2 cm³/mol. The number of aliphatic hydroxyl groups is 1. The second kappa shape index (κ2) is 5.88. The first kappa shape index (κ1) is 15.3. The van der Waals surface area contributed by atoms with Gasteiger partial charge >= 0.3 is 5.97 Å². The summed E-state index contributed by atoms with van der Waals surface area (Å²) in [7, 11) is 0. The first-order valence-electron chi connectivity index (χ1n) is 6.73. The molecule has 2 aromatic carbocycles. The molecule has 0 aliphatic heterocycles. The number of rotatable bonds is 3. The van der Waals surface area contributed by atoms with Crippen molar-refractivity contribution in [2.45, 2.75) is 6.10 Å². The Kier molecular flexibility index (Phi) is 3.90. The third-order valence-electron chi connectivity index (χ3n) is 3.68. The Hall–Kier alpha value is -2.62. The molecule has 0 aliphatic rings. The van der Waals surface area contributed by atoms with Crippen LogP contribution in [0.25, 0.3) is 10.9 Å². The molecule has 1 aromatic heterocycles. The molecule has 3 N–H and O–H groups in total. The number of carboxylic acids is 1. The normalized spacial score (nSPS) is 12.0. The predicted octanol–water partition coefficient (Wildman–Crippen LogP) is 3.58. The van der Waals surface area contributed by atoms with Crippen LogP contribution < -0.4 is 0 Å². The average molecular weight is 371 g/mol. The second-order valence-corrected chi connectivity index (χ2v) is 5.91. The lowest BCUT2D eigenvalue weighted by Crippen LogP contribution is -2.02. The van der Waals surface area contributed by atoms with Gasteiger partial charge in [0.2, 0.25) is 0 Å². The molecule has 0 saturated carbocycles. The molecule has 23 heavy (non-hydrogen) atoms. The van der Waals surface area contributed by atoms with Crippen LogP contribution in [0.2, 0.25) is 0 Å². The van der Waals surface area contributed by atoms with Crippen LogP contribution in [0, 0.1) is 11.3 Å². The molecule has 0 amide bonds. The fraction of sp³-hybridized carbons (Fsp3) is 0.0588. The smallest absolute Gasteiger partial charge is 0.335 e.